The quantitative estimate of drug-likeness (QED) is 0.756. The molecule has 0 bridgehead atoms. The third kappa shape index (κ3) is 3.86. The van der Waals surface area contributed by atoms with Crippen LogP contribution in [0.2, 0.25) is 0 Å². The highest BCUT2D eigenvalue weighted by Crippen LogP contribution is 2.25. The fourth-order valence-electron chi connectivity index (χ4n) is 4.20. The summed E-state index contributed by atoms with van der Waals surface area (Å²) in [4.78, 5) is 17.3. The van der Waals surface area contributed by atoms with Crippen LogP contribution in [0.1, 0.15) is 29.5 Å². The molecule has 0 aromatic heterocycles. The van der Waals surface area contributed by atoms with Crippen LogP contribution in [0.25, 0.3) is 0 Å². The lowest BCUT2D eigenvalue weighted by Crippen LogP contribution is -2.41. The van der Waals surface area contributed by atoms with Crippen LogP contribution < -0.4 is 0 Å². The van der Waals surface area contributed by atoms with Gasteiger partial charge >= 0.3 is 0 Å². The number of hydrogen-bond donors (Lipinski definition) is 0. The van der Waals surface area contributed by atoms with Crippen LogP contribution in [-0.2, 0) is 24.2 Å². The third-order valence-electron chi connectivity index (χ3n) is 5.76. The summed E-state index contributed by atoms with van der Waals surface area (Å²) in [6.07, 6.45) is 3.63. The van der Waals surface area contributed by atoms with Gasteiger partial charge in [0.05, 0.1) is 0 Å². The number of halogens is 1. The molecular weight excluding hydrogens is 388 g/mol. The molecule has 0 spiro atoms. The van der Waals surface area contributed by atoms with Gasteiger partial charge in [-0.05, 0) is 42.0 Å². The molecule has 0 saturated carbocycles. The van der Waals surface area contributed by atoms with Crippen molar-refractivity contribution in [3.8, 4) is 0 Å². The zero-order chi connectivity index (χ0) is 17.9. The summed E-state index contributed by atoms with van der Waals surface area (Å²) in [7, 11) is 0. The number of nitrogens with zero attached hydrogens (tertiary/aromatic N) is 2. The number of benzene rings is 2. The van der Waals surface area contributed by atoms with Gasteiger partial charge in [-0.1, -0.05) is 58.4 Å². The average molecular weight is 413 g/mol. The zero-order valence-corrected chi connectivity index (χ0v) is 16.6. The predicted molar refractivity (Wildman–Crippen MR) is 108 cm³/mol. The summed E-state index contributed by atoms with van der Waals surface area (Å²) in [5, 5.41) is 0. The van der Waals surface area contributed by atoms with Gasteiger partial charge in [-0.3, -0.25) is 9.69 Å². The molecule has 3 nitrogen and oxygen atoms in total. The molecule has 2 aromatic carbocycles. The van der Waals surface area contributed by atoms with E-state index in [9.17, 15) is 4.79 Å². The minimum absolute atomic E-state index is 0.292. The van der Waals surface area contributed by atoms with Crippen molar-refractivity contribution in [2.45, 2.75) is 38.3 Å². The van der Waals surface area contributed by atoms with Crippen molar-refractivity contribution in [1.82, 2.24) is 9.80 Å². The molecule has 2 aliphatic rings. The Kier molecular flexibility index (Phi) is 5.41. The highest BCUT2D eigenvalue weighted by atomic mass is 79.9. The van der Waals surface area contributed by atoms with E-state index < -0.39 is 0 Å². The van der Waals surface area contributed by atoms with E-state index in [0.29, 0.717) is 18.4 Å². The van der Waals surface area contributed by atoms with E-state index in [-0.39, 0.29) is 0 Å². The van der Waals surface area contributed by atoms with Crippen molar-refractivity contribution in [3.63, 3.8) is 0 Å². The summed E-state index contributed by atoms with van der Waals surface area (Å²) in [5.74, 6) is 0.292. The van der Waals surface area contributed by atoms with Gasteiger partial charge in [0.1, 0.15) is 0 Å². The number of carbonyl (C=O) groups excluding carboxylic acids is 1. The normalized spacial score (nSPS) is 20.2. The maximum atomic E-state index is 12.6. The molecule has 2 aliphatic heterocycles. The summed E-state index contributed by atoms with van der Waals surface area (Å²) >= 11 is 3.57. The van der Waals surface area contributed by atoms with Crippen LogP contribution in [0.15, 0.2) is 53.0 Å². The van der Waals surface area contributed by atoms with Crippen LogP contribution in [0.5, 0.6) is 0 Å². The Morgan fingerprint density at radius 2 is 1.81 bits per heavy atom. The molecule has 4 rings (SSSR count). The van der Waals surface area contributed by atoms with Crippen molar-refractivity contribution in [3.05, 3.63) is 69.7 Å². The van der Waals surface area contributed by atoms with E-state index in [1.165, 1.54) is 16.7 Å². The summed E-state index contributed by atoms with van der Waals surface area (Å²) in [5.41, 5.74) is 4.16. The number of rotatable bonds is 4. The van der Waals surface area contributed by atoms with E-state index in [0.717, 1.165) is 49.9 Å². The molecule has 1 amide bonds. The fourth-order valence-corrected chi connectivity index (χ4v) is 4.68. The van der Waals surface area contributed by atoms with E-state index in [2.05, 4.69) is 56.1 Å². The molecule has 2 heterocycles. The minimum atomic E-state index is 0.292. The molecule has 26 heavy (non-hydrogen) atoms. The van der Waals surface area contributed by atoms with Gasteiger partial charge in [0.2, 0.25) is 5.91 Å². The molecule has 4 heteroatoms. The van der Waals surface area contributed by atoms with E-state index in [1.54, 1.807) is 0 Å². The largest absolute Gasteiger partial charge is 0.341 e. The molecule has 0 aliphatic carbocycles. The number of amides is 1. The first-order valence-corrected chi connectivity index (χ1v) is 10.3. The summed E-state index contributed by atoms with van der Waals surface area (Å²) in [6.45, 7) is 3.93. The lowest BCUT2D eigenvalue weighted by atomic mass is 9.98. The molecule has 1 saturated heterocycles. The van der Waals surface area contributed by atoms with Gasteiger partial charge in [-0.15, -0.1) is 0 Å². The van der Waals surface area contributed by atoms with Gasteiger partial charge in [0, 0.05) is 43.1 Å². The zero-order valence-electron chi connectivity index (χ0n) is 15.0. The van der Waals surface area contributed by atoms with Crippen molar-refractivity contribution in [2.75, 3.05) is 19.6 Å². The van der Waals surface area contributed by atoms with Gasteiger partial charge in [-0.2, -0.15) is 0 Å². The first-order valence-electron chi connectivity index (χ1n) is 9.53. The predicted octanol–water partition coefficient (Wildman–Crippen LogP) is 4.04. The second-order valence-electron chi connectivity index (χ2n) is 7.36. The lowest BCUT2D eigenvalue weighted by Gasteiger charge is -2.33. The Labute approximate surface area is 164 Å². The molecule has 1 fully saturated rings. The maximum Gasteiger partial charge on any atom is 0.222 e. The Hall–Kier alpha value is -1.65. The average Bonchev–Trinajstić information content (AvgIpc) is 3.17. The molecule has 136 valence electrons. The van der Waals surface area contributed by atoms with Crippen LogP contribution in [-0.4, -0.2) is 41.4 Å². The second kappa shape index (κ2) is 7.93. The Morgan fingerprint density at radius 1 is 1.04 bits per heavy atom. The number of fused-ring (bicyclic) bond motifs is 1. The topological polar surface area (TPSA) is 23.6 Å². The Bertz CT molecular complexity index is 791. The van der Waals surface area contributed by atoms with Gasteiger partial charge in [0.15, 0.2) is 0 Å². The van der Waals surface area contributed by atoms with E-state index in [4.69, 9.17) is 0 Å². The van der Waals surface area contributed by atoms with Crippen LogP contribution in [0.4, 0.5) is 0 Å². The Balaban J connectivity index is 1.31. The fraction of sp³-hybridized carbons (Fsp3) is 0.409. The van der Waals surface area contributed by atoms with Crippen molar-refractivity contribution in [1.29, 1.82) is 0 Å². The Morgan fingerprint density at radius 3 is 2.65 bits per heavy atom. The van der Waals surface area contributed by atoms with E-state index in [1.807, 2.05) is 18.2 Å². The lowest BCUT2D eigenvalue weighted by molar-refractivity contribution is -0.130. The standard InChI is InChI=1S/C22H25BrN2O/c23-21-8-4-3-6-18(21)9-10-22(26)25-14-12-20(16-25)24-13-11-17-5-1-2-7-19(17)15-24/h1-8,20H,9-16H2. The molecule has 0 N–H and O–H groups in total. The second-order valence-corrected chi connectivity index (χ2v) is 8.22. The molecule has 1 unspecified atom stereocenters. The van der Waals surface area contributed by atoms with Gasteiger partial charge < -0.3 is 4.90 Å². The summed E-state index contributed by atoms with van der Waals surface area (Å²) in [6, 6.07) is 17.5. The van der Waals surface area contributed by atoms with Crippen LogP contribution in [0.3, 0.4) is 0 Å². The van der Waals surface area contributed by atoms with Gasteiger partial charge in [-0.25, -0.2) is 0 Å². The van der Waals surface area contributed by atoms with Crippen LogP contribution >= 0.6 is 15.9 Å². The smallest absolute Gasteiger partial charge is 0.222 e. The maximum absolute atomic E-state index is 12.6. The molecule has 0 radical (unpaired) electrons. The van der Waals surface area contributed by atoms with Crippen molar-refractivity contribution in [2.24, 2.45) is 0 Å². The summed E-state index contributed by atoms with van der Waals surface area (Å²) < 4.78 is 1.10. The first-order chi connectivity index (χ1) is 12.7. The number of carbonyl (C=O) groups is 1. The van der Waals surface area contributed by atoms with Gasteiger partial charge in [0.25, 0.3) is 0 Å². The number of likely N-dealkylation sites (tertiary alicyclic amines) is 1. The molecular formula is C22H25BrN2O. The SMILES string of the molecule is O=C(CCc1ccccc1Br)N1CCC(N2CCc3ccccc3C2)C1. The van der Waals surface area contributed by atoms with Crippen LogP contribution in [0, 0.1) is 0 Å². The highest BCUT2D eigenvalue weighted by molar-refractivity contribution is 9.10. The van der Waals surface area contributed by atoms with Crippen molar-refractivity contribution < 1.29 is 4.79 Å². The first kappa shape index (κ1) is 17.7. The van der Waals surface area contributed by atoms with Crippen molar-refractivity contribution >= 4 is 21.8 Å². The number of aryl methyl sites for hydroxylation is 1. The molecule has 1 atom stereocenters. The highest BCUT2D eigenvalue weighted by Gasteiger charge is 2.31. The third-order valence-corrected chi connectivity index (χ3v) is 6.53. The van der Waals surface area contributed by atoms with E-state index >= 15 is 0 Å². The number of hydrogen-bond acceptors (Lipinski definition) is 2. The monoisotopic (exact) mass is 412 g/mol. The molecule has 2 aromatic rings. The minimum Gasteiger partial charge on any atom is -0.341 e.